The monoisotopic (exact) mass is 280 g/mol. The van der Waals surface area contributed by atoms with Gasteiger partial charge in [0.15, 0.2) is 0 Å². The van der Waals surface area contributed by atoms with Gasteiger partial charge in [-0.3, -0.25) is 14.4 Å². The molecule has 0 aromatic heterocycles. The predicted molar refractivity (Wildman–Crippen MR) is 64.3 cm³/mol. The third-order valence-corrected chi connectivity index (χ3v) is 3.37. The highest BCUT2D eigenvalue weighted by atomic mass is 32.2. The first-order chi connectivity index (χ1) is 8.25. The minimum Gasteiger partial charge on any atom is -0.481 e. The zero-order valence-electron chi connectivity index (χ0n) is 9.48. The van der Waals surface area contributed by atoms with Crippen LogP contribution in [0.1, 0.15) is 6.42 Å². The van der Waals surface area contributed by atoms with Crippen molar-refractivity contribution in [3.05, 3.63) is 0 Å². The summed E-state index contributed by atoms with van der Waals surface area (Å²) in [5.74, 6) is -4.42. The average Bonchev–Trinajstić information content (AvgIpc) is 2.26. The summed E-state index contributed by atoms with van der Waals surface area (Å²) < 4.78 is 0. The molecule has 8 nitrogen and oxygen atoms in total. The molecule has 0 amide bonds. The van der Waals surface area contributed by atoms with Gasteiger partial charge in [0.2, 0.25) is 0 Å². The molecule has 7 N–H and O–H groups in total. The first kappa shape index (κ1) is 16.7. The summed E-state index contributed by atoms with van der Waals surface area (Å²) in [6, 6.07) is -2.32. The minimum absolute atomic E-state index is 0.0570. The average molecular weight is 280 g/mol. The zero-order chi connectivity index (χ0) is 14.3. The van der Waals surface area contributed by atoms with Crippen LogP contribution in [-0.4, -0.2) is 56.8 Å². The topological polar surface area (TPSA) is 164 Å². The van der Waals surface area contributed by atoms with E-state index in [0.717, 1.165) is 11.8 Å². The van der Waals surface area contributed by atoms with E-state index in [4.69, 9.17) is 26.8 Å². The van der Waals surface area contributed by atoms with Gasteiger partial charge in [-0.25, -0.2) is 0 Å². The Labute approximate surface area is 107 Å². The van der Waals surface area contributed by atoms with Crippen LogP contribution in [0, 0.1) is 5.92 Å². The lowest BCUT2D eigenvalue weighted by Gasteiger charge is -2.15. The Morgan fingerprint density at radius 3 is 1.78 bits per heavy atom. The molecule has 104 valence electrons. The molecule has 0 heterocycles. The molecule has 0 aliphatic carbocycles. The number of hydrogen-bond donors (Lipinski definition) is 5. The van der Waals surface area contributed by atoms with Crippen molar-refractivity contribution in [2.24, 2.45) is 17.4 Å². The third-order valence-electron chi connectivity index (χ3n) is 2.14. The van der Waals surface area contributed by atoms with Gasteiger partial charge in [0, 0.05) is 11.5 Å². The lowest BCUT2D eigenvalue weighted by Crippen LogP contribution is -2.36. The van der Waals surface area contributed by atoms with Gasteiger partial charge >= 0.3 is 17.9 Å². The van der Waals surface area contributed by atoms with E-state index in [2.05, 4.69) is 0 Å². The molecule has 0 saturated carbocycles. The van der Waals surface area contributed by atoms with Gasteiger partial charge in [-0.1, -0.05) is 0 Å². The molecule has 18 heavy (non-hydrogen) atoms. The van der Waals surface area contributed by atoms with Crippen LogP contribution in [0.15, 0.2) is 0 Å². The number of hydrogen-bond acceptors (Lipinski definition) is 6. The first-order valence-electron chi connectivity index (χ1n) is 5.03. The Hall–Kier alpha value is -1.32. The number of rotatable bonds is 9. The second-order valence-corrected chi connectivity index (χ2v) is 4.77. The van der Waals surface area contributed by atoms with Crippen LogP contribution in [0.3, 0.4) is 0 Å². The van der Waals surface area contributed by atoms with Crippen molar-refractivity contribution in [3.8, 4) is 0 Å². The summed E-state index contributed by atoms with van der Waals surface area (Å²) in [6.07, 6.45) is -0.208. The molecule has 0 fully saturated rings. The van der Waals surface area contributed by atoms with Crippen molar-refractivity contribution in [2.75, 3.05) is 11.5 Å². The van der Waals surface area contributed by atoms with Crippen LogP contribution >= 0.6 is 11.8 Å². The maximum atomic E-state index is 10.9. The Bertz CT molecular complexity index is 324. The Morgan fingerprint density at radius 1 is 0.889 bits per heavy atom. The lowest BCUT2D eigenvalue weighted by atomic mass is 10.0. The Balaban J connectivity index is 4.17. The molecule has 0 rings (SSSR count). The molecule has 9 heteroatoms. The van der Waals surface area contributed by atoms with Crippen molar-refractivity contribution in [1.29, 1.82) is 0 Å². The molecule has 0 saturated heterocycles. The summed E-state index contributed by atoms with van der Waals surface area (Å²) >= 11 is 1.04. The fraction of sp³-hybridized carbons (Fsp3) is 0.667. The summed E-state index contributed by atoms with van der Waals surface area (Å²) in [5.41, 5.74) is 10.5. The first-order valence-corrected chi connectivity index (χ1v) is 6.18. The van der Waals surface area contributed by atoms with E-state index in [-0.39, 0.29) is 17.9 Å². The molecule has 3 atom stereocenters. The number of carbonyl (C=O) groups is 3. The summed E-state index contributed by atoms with van der Waals surface area (Å²) in [7, 11) is 0. The summed E-state index contributed by atoms with van der Waals surface area (Å²) in [6.45, 7) is 0. The standard InChI is InChI=1S/C9H16N2O6S/c10-5(8(14)15)1-4(7(12)13)2-18-3-6(11)9(16)17/h4-6H,1-3,10-11H2,(H,12,13)(H,14,15)(H,16,17)/t4?,5-,6?/m0/s1. The van der Waals surface area contributed by atoms with Crippen molar-refractivity contribution in [1.82, 2.24) is 0 Å². The van der Waals surface area contributed by atoms with Crippen molar-refractivity contribution in [3.63, 3.8) is 0 Å². The van der Waals surface area contributed by atoms with Gasteiger partial charge in [-0.15, -0.1) is 0 Å². The van der Waals surface area contributed by atoms with E-state index in [1.165, 1.54) is 0 Å². The number of carboxylic acid groups (broad SMARTS) is 3. The largest absolute Gasteiger partial charge is 0.481 e. The molecule has 0 aromatic carbocycles. The van der Waals surface area contributed by atoms with Crippen LogP contribution < -0.4 is 11.5 Å². The maximum Gasteiger partial charge on any atom is 0.321 e. The van der Waals surface area contributed by atoms with Gasteiger partial charge in [-0.05, 0) is 6.42 Å². The van der Waals surface area contributed by atoms with Gasteiger partial charge in [0.25, 0.3) is 0 Å². The summed E-state index contributed by atoms with van der Waals surface area (Å²) in [5, 5.41) is 26.0. The molecule has 0 bridgehead atoms. The smallest absolute Gasteiger partial charge is 0.321 e. The lowest BCUT2D eigenvalue weighted by molar-refractivity contribution is -0.143. The van der Waals surface area contributed by atoms with Crippen LogP contribution in [0.2, 0.25) is 0 Å². The molecule has 2 unspecified atom stereocenters. The van der Waals surface area contributed by atoms with Crippen LogP contribution in [0.4, 0.5) is 0 Å². The molecule has 0 spiro atoms. The van der Waals surface area contributed by atoms with Crippen molar-refractivity contribution in [2.45, 2.75) is 18.5 Å². The van der Waals surface area contributed by atoms with Crippen molar-refractivity contribution >= 4 is 29.7 Å². The van der Waals surface area contributed by atoms with Crippen LogP contribution in [-0.2, 0) is 14.4 Å². The molecular formula is C9H16N2O6S. The van der Waals surface area contributed by atoms with Gasteiger partial charge in [0.05, 0.1) is 5.92 Å². The normalized spacial score (nSPS) is 15.7. The summed E-state index contributed by atoms with van der Waals surface area (Å²) in [4.78, 5) is 31.8. The van der Waals surface area contributed by atoms with E-state index in [1.807, 2.05) is 0 Å². The second-order valence-electron chi connectivity index (χ2n) is 3.70. The Kier molecular flexibility index (Phi) is 7.32. The van der Waals surface area contributed by atoms with E-state index in [1.54, 1.807) is 0 Å². The van der Waals surface area contributed by atoms with E-state index in [9.17, 15) is 14.4 Å². The fourth-order valence-electron chi connectivity index (χ4n) is 1.06. The zero-order valence-corrected chi connectivity index (χ0v) is 10.3. The maximum absolute atomic E-state index is 10.9. The quantitative estimate of drug-likeness (QED) is 0.343. The highest BCUT2D eigenvalue weighted by Gasteiger charge is 2.24. The highest BCUT2D eigenvalue weighted by molar-refractivity contribution is 7.99. The number of thioether (sulfide) groups is 1. The number of carboxylic acids is 3. The third kappa shape index (κ3) is 6.42. The van der Waals surface area contributed by atoms with E-state index < -0.39 is 35.9 Å². The molecule has 0 aromatic rings. The van der Waals surface area contributed by atoms with Crippen LogP contribution in [0.5, 0.6) is 0 Å². The van der Waals surface area contributed by atoms with E-state index in [0.29, 0.717) is 0 Å². The fourth-order valence-corrected chi connectivity index (χ4v) is 2.15. The minimum atomic E-state index is -1.27. The Morgan fingerprint density at radius 2 is 1.39 bits per heavy atom. The van der Waals surface area contributed by atoms with Gasteiger partial charge in [0.1, 0.15) is 12.1 Å². The number of nitrogens with two attached hydrogens (primary N) is 2. The molecule has 0 aliphatic rings. The van der Waals surface area contributed by atoms with Crippen LogP contribution in [0.25, 0.3) is 0 Å². The van der Waals surface area contributed by atoms with Crippen molar-refractivity contribution < 1.29 is 29.7 Å². The second kappa shape index (κ2) is 7.90. The molecule has 0 radical (unpaired) electrons. The predicted octanol–water partition coefficient (Wildman–Crippen LogP) is -1.37. The van der Waals surface area contributed by atoms with E-state index >= 15 is 0 Å². The van der Waals surface area contributed by atoms with Gasteiger partial charge < -0.3 is 26.8 Å². The molecule has 0 aliphatic heterocycles. The number of aliphatic carboxylic acids is 3. The van der Waals surface area contributed by atoms with Gasteiger partial charge in [-0.2, -0.15) is 11.8 Å². The highest BCUT2D eigenvalue weighted by Crippen LogP contribution is 2.15. The molecular weight excluding hydrogens is 264 g/mol. The SMILES string of the molecule is NC(CSCC(C[C@H](N)C(=O)O)C(=O)O)C(=O)O.